The minimum Gasteiger partial charge on any atom is -0.496 e. The molecule has 2 rings (SSSR count). The molecule has 0 fully saturated rings. The predicted octanol–water partition coefficient (Wildman–Crippen LogP) is 5.86. The van der Waals surface area contributed by atoms with E-state index in [9.17, 15) is 0 Å². The Morgan fingerprint density at radius 2 is 1.90 bits per heavy atom. The van der Waals surface area contributed by atoms with Crippen molar-refractivity contribution < 1.29 is 9.16 Å². The van der Waals surface area contributed by atoms with E-state index in [-0.39, 0.29) is 11.1 Å². The molecule has 0 amide bonds. The van der Waals surface area contributed by atoms with Crippen molar-refractivity contribution in [1.82, 2.24) is 0 Å². The highest BCUT2D eigenvalue weighted by Gasteiger charge is 2.40. The first kappa shape index (κ1) is 17.0. The normalized spacial score (nSPS) is 19.3. The molecule has 4 heteroatoms. The van der Waals surface area contributed by atoms with Crippen molar-refractivity contribution in [1.29, 1.82) is 0 Å². The molecule has 0 spiro atoms. The third-order valence-corrected chi connectivity index (χ3v) is 10.2. The standard InChI is InChI=1S/C17H27BrO2Si/c1-17(2,3)21(5,6)20-13-9-7-8-12-10-11-14(19-4)16(18)15(12)13/h10-11,13H,7-9H2,1-6H3. The van der Waals surface area contributed by atoms with Gasteiger partial charge >= 0.3 is 0 Å². The Kier molecular flexibility index (Phi) is 4.91. The molecule has 1 aliphatic carbocycles. The monoisotopic (exact) mass is 370 g/mol. The average molecular weight is 371 g/mol. The zero-order chi connectivity index (χ0) is 15.8. The van der Waals surface area contributed by atoms with Crippen LogP contribution in [0, 0.1) is 0 Å². The van der Waals surface area contributed by atoms with Gasteiger partial charge in [-0.1, -0.05) is 26.8 Å². The van der Waals surface area contributed by atoms with Gasteiger partial charge in [0.1, 0.15) is 5.75 Å². The van der Waals surface area contributed by atoms with Crippen LogP contribution in [-0.4, -0.2) is 15.4 Å². The van der Waals surface area contributed by atoms with Crippen LogP contribution in [-0.2, 0) is 10.8 Å². The largest absolute Gasteiger partial charge is 0.496 e. The minimum atomic E-state index is -1.77. The number of halogens is 1. The molecule has 0 aliphatic heterocycles. The maximum atomic E-state index is 6.70. The van der Waals surface area contributed by atoms with Crippen molar-refractivity contribution in [3.8, 4) is 5.75 Å². The van der Waals surface area contributed by atoms with E-state index in [2.05, 4.69) is 61.9 Å². The number of rotatable bonds is 3. The van der Waals surface area contributed by atoms with Gasteiger partial charge < -0.3 is 9.16 Å². The first-order valence-electron chi connectivity index (χ1n) is 7.70. The number of ether oxygens (including phenoxy) is 1. The molecule has 0 heterocycles. The van der Waals surface area contributed by atoms with Gasteiger partial charge in [-0.2, -0.15) is 0 Å². The quantitative estimate of drug-likeness (QED) is 0.620. The van der Waals surface area contributed by atoms with Crippen LogP contribution in [0.4, 0.5) is 0 Å². The number of benzene rings is 1. The van der Waals surface area contributed by atoms with Crippen molar-refractivity contribution in [3.63, 3.8) is 0 Å². The Bertz CT molecular complexity index is 520. The summed E-state index contributed by atoms with van der Waals surface area (Å²) in [6, 6.07) is 4.25. The molecule has 0 N–H and O–H groups in total. The Balaban J connectivity index is 2.38. The highest BCUT2D eigenvalue weighted by Crippen LogP contribution is 2.46. The molecule has 1 aliphatic rings. The van der Waals surface area contributed by atoms with Gasteiger partial charge in [-0.05, 0) is 65.0 Å². The first-order chi connectivity index (χ1) is 9.67. The molecule has 0 radical (unpaired) electrons. The second kappa shape index (κ2) is 6.05. The fraction of sp³-hybridized carbons (Fsp3) is 0.647. The van der Waals surface area contributed by atoms with Crippen LogP contribution in [0.5, 0.6) is 5.75 Å². The van der Waals surface area contributed by atoms with Crippen LogP contribution < -0.4 is 4.74 Å². The van der Waals surface area contributed by atoms with Crippen molar-refractivity contribution in [3.05, 3.63) is 27.7 Å². The third kappa shape index (κ3) is 3.38. The molecule has 21 heavy (non-hydrogen) atoms. The zero-order valence-corrected chi connectivity index (χ0v) is 16.6. The number of hydrogen-bond acceptors (Lipinski definition) is 2. The highest BCUT2D eigenvalue weighted by molar-refractivity contribution is 9.10. The molecule has 1 atom stereocenters. The molecular formula is C17H27BrO2Si. The molecule has 1 unspecified atom stereocenters. The van der Waals surface area contributed by atoms with Crippen LogP contribution >= 0.6 is 15.9 Å². The van der Waals surface area contributed by atoms with Crippen LogP contribution in [0.15, 0.2) is 16.6 Å². The Morgan fingerprint density at radius 1 is 1.24 bits per heavy atom. The molecule has 0 saturated heterocycles. The zero-order valence-electron chi connectivity index (χ0n) is 14.0. The lowest BCUT2D eigenvalue weighted by atomic mass is 9.89. The maximum absolute atomic E-state index is 6.70. The number of fused-ring (bicyclic) bond motifs is 1. The van der Waals surface area contributed by atoms with Crippen molar-refractivity contribution in [2.45, 2.75) is 64.3 Å². The summed E-state index contributed by atoms with van der Waals surface area (Å²) in [6.45, 7) is 11.5. The van der Waals surface area contributed by atoms with Gasteiger partial charge in [0.05, 0.1) is 17.7 Å². The van der Waals surface area contributed by atoms with E-state index in [1.807, 2.05) is 0 Å². The lowest BCUT2D eigenvalue weighted by molar-refractivity contribution is 0.162. The van der Waals surface area contributed by atoms with E-state index in [0.29, 0.717) is 0 Å². The van der Waals surface area contributed by atoms with E-state index in [0.717, 1.165) is 23.1 Å². The van der Waals surface area contributed by atoms with Gasteiger partial charge in [0.25, 0.3) is 0 Å². The fourth-order valence-electron chi connectivity index (χ4n) is 2.61. The fourth-order valence-corrected chi connectivity index (χ4v) is 4.71. The number of hydrogen-bond donors (Lipinski definition) is 0. The molecule has 0 bridgehead atoms. The average Bonchev–Trinajstić information content (AvgIpc) is 2.37. The van der Waals surface area contributed by atoms with Gasteiger partial charge in [-0.3, -0.25) is 0 Å². The maximum Gasteiger partial charge on any atom is 0.192 e. The van der Waals surface area contributed by atoms with Crippen molar-refractivity contribution in [2.75, 3.05) is 7.11 Å². The smallest absolute Gasteiger partial charge is 0.192 e. The van der Waals surface area contributed by atoms with E-state index in [1.165, 1.54) is 17.5 Å². The summed E-state index contributed by atoms with van der Waals surface area (Å²) in [4.78, 5) is 0. The van der Waals surface area contributed by atoms with Gasteiger partial charge in [-0.15, -0.1) is 0 Å². The molecule has 0 saturated carbocycles. The number of aryl methyl sites for hydroxylation is 1. The Morgan fingerprint density at radius 3 is 2.48 bits per heavy atom. The van der Waals surface area contributed by atoms with Crippen molar-refractivity contribution in [2.24, 2.45) is 0 Å². The summed E-state index contributed by atoms with van der Waals surface area (Å²) in [7, 11) is -0.0517. The second-order valence-electron chi connectivity index (χ2n) is 7.41. The van der Waals surface area contributed by atoms with Crippen LogP contribution in [0.3, 0.4) is 0 Å². The molecule has 118 valence electrons. The summed E-state index contributed by atoms with van der Waals surface area (Å²) < 4.78 is 13.2. The predicted molar refractivity (Wildman–Crippen MR) is 94.7 cm³/mol. The van der Waals surface area contributed by atoms with Crippen molar-refractivity contribution >= 4 is 24.2 Å². The van der Waals surface area contributed by atoms with E-state index >= 15 is 0 Å². The summed E-state index contributed by atoms with van der Waals surface area (Å²) >= 11 is 3.74. The molecule has 0 aromatic heterocycles. The van der Waals surface area contributed by atoms with E-state index in [1.54, 1.807) is 7.11 Å². The third-order valence-electron chi connectivity index (χ3n) is 4.93. The Hall–Kier alpha value is -0.323. The topological polar surface area (TPSA) is 18.5 Å². The van der Waals surface area contributed by atoms with E-state index < -0.39 is 8.32 Å². The van der Waals surface area contributed by atoms with Crippen LogP contribution in [0.2, 0.25) is 18.1 Å². The van der Waals surface area contributed by atoms with Crippen LogP contribution in [0.1, 0.15) is 50.8 Å². The summed E-state index contributed by atoms with van der Waals surface area (Å²) in [5.74, 6) is 0.902. The SMILES string of the molecule is COc1ccc2c(c1Br)C(O[Si](C)(C)C(C)(C)C)CCC2. The summed E-state index contributed by atoms with van der Waals surface area (Å²) in [5.41, 5.74) is 2.71. The van der Waals surface area contributed by atoms with Crippen LogP contribution in [0.25, 0.3) is 0 Å². The lowest BCUT2D eigenvalue weighted by Gasteiger charge is -2.41. The molecule has 1 aromatic rings. The summed E-state index contributed by atoms with van der Waals surface area (Å²) in [5, 5.41) is 0.232. The Labute approximate surface area is 138 Å². The van der Waals surface area contributed by atoms with Gasteiger partial charge in [0.2, 0.25) is 0 Å². The van der Waals surface area contributed by atoms with E-state index in [4.69, 9.17) is 9.16 Å². The molecule has 2 nitrogen and oxygen atoms in total. The second-order valence-corrected chi connectivity index (χ2v) is 13.0. The summed E-state index contributed by atoms with van der Waals surface area (Å²) in [6.07, 6.45) is 3.63. The minimum absolute atomic E-state index is 0.194. The van der Waals surface area contributed by atoms with Gasteiger partial charge in [-0.25, -0.2) is 0 Å². The van der Waals surface area contributed by atoms with Gasteiger partial charge in [0, 0.05) is 5.56 Å². The molecule has 1 aromatic carbocycles. The van der Waals surface area contributed by atoms with Gasteiger partial charge in [0.15, 0.2) is 8.32 Å². The highest BCUT2D eigenvalue weighted by atomic mass is 79.9. The lowest BCUT2D eigenvalue weighted by Crippen LogP contribution is -2.42. The number of methoxy groups -OCH3 is 1. The first-order valence-corrected chi connectivity index (χ1v) is 11.4. The molecular weight excluding hydrogens is 344 g/mol.